The molecule has 3 aromatic rings. The van der Waals surface area contributed by atoms with E-state index in [0.717, 1.165) is 42.7 Å². The first kappa shape index (κ1) is 22.6. The Labute approximate surface area is 197 Å². The fraction of sp³-hybridized carbons (Fsp3) is 0.348. The lowest BCUT2D eigenvalue weighted by atomic mass is 10.1. The van der Waals surface area contributed by atoms with Crippen molar-refractivity contribution in [2.24, 2.45) is 0 Å². The number of rotatable bonds is 6. The van der Waals surface area contributed by atoms with Crippen molar-refractivity contribution in [2.45, 2.75) is 36.6 Å². The molecule has 0 bridgehead atoms. The first-order chi connectivity index (χ1) is 16.4. The third-order valence-electron chi connectivity index (χ3n) is 5.42. The van der Waals surface area contributed by atoms with Gasteiger partial charge in [-0.1, -0.05) is 23.9 Å². The number of alkyl halides is 3. The molecule has 0 unspecified atom stereocenters. The predicted octanol–water partition coefficient (Wildman–Crippen LogP) is 5.19. The number of nitrogens with one attached hydrogen (secondary N) is 1. The number of thioether (sulfide) groups is 1. The van der Waals surface area contributed by atoms with Gasteiger partial charge in [-0.2, -0.15) is 13.2 Å². The average molecular weight is 491 g/mol. The molecular formula is C23H21F3N4O3S. The molecular weight excluding hydrogens is 469 g/mol. The van der Waals surface area contributed by atoms with E-state index < -0.39 is 17.6 Å². The molecule has 2 aliphatic rings. The normalized spacial score (nSPS) is 15.6. The van der Waals surface area contributed by atoms with Gasteiger partial charge in [0.25, 0.3) is 0 Å². The van der Waals surface area contributed by atoms with E-state index in [4.69, 9.17) is 9.47 Å². The van der Waals surface area contributed by atoms with E-state index in [2.05, 4.69) is 15.5 Å². The second kappa shape index (κ2) is 9.21. The highest BCUT2D eigenvalue weighted by Crippen LogP contribution is 2.42. The van der Waals surface area contributed by atoms with Crippen molar-refractivity contribution in [1.82, 2.24) is 14.8 Å². The lowest BCUT2D eigenvalue weighted by Crippen LogP contribution is -2.18. The van der Waals surface area contributed by atoms with Gasteiger partial charge in [0, 0.05) is 18.0 Å². The summed E-state index contributed by atoms with van der Waals surface area (Å²) >= 11 is 1.14. The molecule has 34 heavy (non-hydrogen) atoms. The minimum Gasteiger partial charge on any atom is -0.490 e. The molecule has 1 aromatic heterocycles. The summed E-state index contributed by atoms with van der Waals surface area (Å²) in [7, 11) is 0. The van der Waals surface area contributed by atoms with Gasteiger partial charge in [0.15, 0.2) is 22.5 Å². The molecule has 11 heteroatoms. The van der Waals surface area contributed by atoms with Crippen LogP contribution < -0.4 is 14.8 Å². The van der Waals surface area contributed by atoms with Gasteiger partial charge >= 0.3 is 6.18 Å². The molecule has 2 aromatic carbocycles. The smallest absolute Gasteiger partial charge is 0.418 e. The summed E-state index contributed by atoms with van der Waals surface area (Å²) in [5.41, 5.74) is -0.331. The molecule has 1 amide bonds. The number of halogens is 3. The second-order valence-corrected chi connectivity index (χ2v) is 8.94. The number of para-hydroxylation sites is 1. The molecule has 5 rings (SSSR count). The van der Waals surface area contributed by atoms with E-state index in [0.29, 0.717) is 35.7 Å². The molecule has 0 saturated heterocycles. The Balaban J connectivity index is 1.33. The van der Waals surface area contributed by atoms with Crippen LogP contribution in [0.1, 0.15) is 30.9 Å². The van der Waals surface area contributed by atoms with Crippen LogP contribution in [0.5, 0.6) is 11.5 Å². The number of hydrogen-bond donors (Lipinski definition) is 1. The average Bonchev–Trinajstić information content (AvgIpc) is 3.60. The third-order valence-corrected chi connectivity index (χ3v) is 6.36. The van der Waals surface area contributed by atoms with Crippen LogP contribution in [0.3, 0.4) is 0 Å². The van der Waals surface area contributed by atoms with Crippen LogP contribution in [0.4, 0.5) is 18.9 Å². The number of benzene rings is 2. The second-order valence-electron chi connectivity index (χ2n) is 8.00. The summed E-state index contributed by atoms with van der Waals surface area (Å²) in [6.45, 7) is 1.17. The number of ether oxygens (including phenoxy) is 2. The zero-order chi connectivity index (χ0) is 23.7. The third kappa shape index (κ3) is 4.84. The highest BCUT2D eigenvalue weighted by atomic mass is 32.2. The maximum atomic E-state index is 13.2. The van der Waals surface area contributed by atoms with Gasteiger partial charge in [-0.05, 0) is 43.2 Å². The number of amides is 1. The number of nitrogens with zero attached hydrogens (tertiary/aromatic N) is 3. The number of fused-ring (bicyclic) bond motifs is 1. The summed E-state index contributed by atoms with van der Waals surface area (Å²) in [6.07, 6.45) is -1.82. The lowest BCUT2D eigenvalue weighted by Gasteiger charge is -2.13. The first-order valence-corrected chi connectivity index (χ1v) is 11.8. The molecule has 1 fully saturated rings. The summed E-state index contributed by atoms with van der Waals surface area (Å²) in [6, 6.07) is 10.7. The Kier molecular flexibility index (Phi) is 6.11. The molecule has 0 atom stereocenters. The number of carbonyl (C=O) groups excluding carboxylic acids is 1. The topological polar surface area (TPSA) is 78.3 Å². The highest BCUT2D eigenvalue weighted by molar-refractivity contribution is 7.99. The van der Waals surface area contributed by atoms with Gasteiger partial charge in [0.05, 0.1) is 30.2 Å². The van der Waals surface area contributed by atoms with E-state index in [-0.39, 0.29) is 17.5 Å². The standard InChI is InChI=1S/C23H21F3N4O3S/c24-23(25,26)16-4-1-2-5-17(16)27-20(31)13-34-22-29-28-21(30(22)15-7-8-15)14-6-9-18-19(12-14)33-11-3-10-32-18/h1-2,4-6,9,12,15H,3,7-8,10-11,13H2,(H,27,31). The van der Waals surface area contributed by atoms with Crippen molar-refractivity contribution >= 4 is 23.4 Å². The van der Waals surface area contributed by atoms with Crippen LogP contribution in [0.15, 0.2) is 47.6 Å². The summed E-state index contributed by atoms with van der Waals surface area (Å²) in [5.74, 6) is 1.34. The van der Waals surface area contributed by atoms with E-state index >= 15 is 0 Å². The van der Waals surface area contributed by atoms with Crippen LogP contribution in [0, 0.1) is 0 Å². The number of hydrogen-bond acceptors (Lipinski definition) is 6. The van der Waals surface area contributed by atoms with Crippen molar-refractivity contribution in [1.29, 1.82) is 0 Å². The lowest BCUT2D eigenvalue weighted by molar-refractivity contribution is -0.137. The fourth-order valence-electron chi connectivity index (χ4n) is 3.69. The molecule has 178 valence electrons. The molecule has 7 nitrogen and oxygen atoms in total. The van der Waals surface area contributed by atoms with E-state index in [1.54, 1.807) is 0 Å². The van der Waals surface area contributed by atoms with Gasteiger partial charge in [0.2, 0.25) is 5.91 Å². The summed E-state index contributed by atoms with van der Waals surface area (Å²) < 4.78 is 53.0. The zero-order valence-electron chi connectivity index (χ0n) is 18.0. The number of anilines is 1. The van der Waals surface area contributed by atoms with Crippen LogP contribution >= 0.6 is 11.8 Å². The van der Waals surface area contributed by atoms with Crippen molar-refractivity contribution in [3.05, 3.63) is 48.0 Å². The number of aromatic nitrogens is 3. The van der Waals surface area contributed by atoms with Crippen LogP contribution in [0.2, 0.25) is 0 Å². The van der Waals surface area contributed by atoms with Gasteiger partial charge in [-0.3, -0.25) is 9.36 Å². The van der Waals surface area contributed by atoms with Gasteiger partial charge in [-0.15, -0.1) is 10.2 Å². The van der Waals surface area contributed by atoms with Gasteiger partial charge in [-0.25, -0.2) is 0 Å². The van der Waals surface area contributed by atoms with Crippen molar-refractivity contribution < 1.29 is 27.4 Å². The highest BCUT2D eigenvalue weighted by Gasteiger charge is 2.34. The molecule has 1 N–H and O–H groups in total. The summed E-state index contributed by atoms with van der Waals surface area (Å²) in [4.78, 5) is 12.4. The minimum atomic E-state index is -4.55. The molecule has 1 saturated carbocycles. The van der Waals surface area contributed by atoms with Crippen molar-refractivity contribution in [3.8, 4) is 22.9 Å². The van der Waals surface area contributed by atoms with E-state index in [9.17, 15) is 18.0 Å². The van der Waals surface area contributed by atoms with Crippen LogP contribution in [-0.4, -0.2) is 39.6 Å². The Morgan fingerprint density at radius 3 is 2.62 bits per heavy atom. The maximum absolute atomic E-state index is 13.2. The minimum absolute atomic E-state index is 0.0990. The van der Waals surface area contributed by atoms with E-state index in [1.165, 1.54) is 18.2 Å². The number of carbonyl (C=O) groups is 1. The SMILES string of the molecule is O=C(CSc1nnc(-c2ccc3c(c2)OCCCO3)n1C1CC1)Nc1ccccc1C(F)(F)F. The van der Waals surface area contributed by atoms with Gasteiger partial charge in [0.1, 0.15) is 0 Å². The maximum Gasteiger partial charge on any atom is 0.418 e. The molecule has 1 aliphatic heterocycles. The first-order valence-electron chi connectivity index (χ1n) is 10.8. The molecule has 2 heterocycles. The van der Waals surface area contributed by atoms with Crippen molar-refractivity contribution in [2.75, 3.05) is 24.3 Å². The Bertz CT molecular complexity index is 1210. The summed E-state index contributed by atoms with van der Waals surface area (Å²) in [5, 5.41) is 11.5. The fourth-order valence-corrected chi connectivity index (χ4v) is 4.50. The monoisotopic (exact) mass is 490 g/mol. The quantitative estimate of drug-likeness (QED) is 0.479. The zero-order valence-corrected chi connectivity index (χ0v) is 18.8. The largest absolute Gasteiger partial charge is 0.490 e. The van der Waals surface area contributed by atoms with Crippen LogP contribution in [0.25, 0.3) is 11.4 Å². The molecule has 0 spiro atoms. The Morgan fingerprint density at radius 2 is 1.85 bits per heavy atom. The van der Waals surface area contributed by atoms with Crippen molar-refractivity contribution in [3.63, 3.8) is 0 Å². The van der Waals surface area contributed by atoms with Crippen LogP contribution in [-0.2, 0) is 11.0 Å². The van der Waals surface area contributed by atoms with Gasteiger partial charge < -0.3 is 14.8 Å². The predicted molar refractivity (Wildman–Crippen MR) is 120 cm³/mol. The molecule has 0 radical (unpaired) electrons. The van der Waals surface area contributed by atoms with E-state index in [1.807, 2.05) is 22.8 Å². The Hall–Kier alpha value is -3.21. The molecule has 1 aliphatic carbocycles. The Morgan fingerprint density at radius 1 is 1.09 bits per heavy atom.